The van der Waals surface area contributed by atoms with Crippen LogP contribution < -0.4 is 14.2 Å². The first-order valence-electron chi connectivity index (χ1n) is 10.5. The predicted molar refractivity (Wildman–Crippen MR) is 116 cm³/mol. The SMILES string of the molecule is Cc1c(C(=O)N2CCC(C)CC2)c(S(=O)(=O)NCc2ccc3c(c2)OCO3)c(C)n1C. The van der Waals surface area contributed by atoms with Crippen LogP contribution in [0.25, 0.3) is 0 Å². The van der Waals surface area contributed by atoms with Crippen molar-refractivity contribution >= 4 is 15.9 Å². The molecule has 2 aromatic rings. The van der Waals surface area contributed by atoms with Crippen LogP contribution in [0.15, 0.2) is 23.1 Å². The number of aromatic nitrogens is 1. The molecule has 1 fully saturated rings. The lowest BCUT2D eigenvalue weighted by Gasteiger charge is -2.30. The molecule has 168 valence electrons. The Morgan fingerprint density at radius 2 is 1.81 bits per heavy atom. The van der Waals surface area contributed by atoms with Crippen molar-refractivity contribution in [3.8, 4) is 11.5 Å². The third-order valence-electron chi connectivity index (χ3n) is 6.38. The zero-order valence-electron chi connectivity index (χ0n) is 18.4. The maximum Gasteiger partial charge on any atom is 0.257 e. The highest BCUT2D eigenvalue weighted by molar-refractivity contribution is 7.89. The van der Waals surface area contributed by atoms with E-state index in [1.54, 1.807) is 48.6 Å². The highest BCUT2D eigenvalue weighted by Gasteiger charge is 2.33. The van der Waals surface area contributed by atoms with E-state index in [0.717, 1.165) is 18.4 Å². The van der Waals surface area contributed by atoms with E-state index in [1.165, 1.54) is 0 Å². The summed E-state index contributed by atoms with van der Waals surface area (Å²) in [5, 5.41) is 0. The number of carbonyl (C=O) groups excluding carboxylic acids is 1. The van der Waals surface area contributed by atoms with Crippen LogP contribution in [-0.2, 0) is 23.6 Å². The quantitative estimate of drug-likeness (QED) is 0.761. The fourth-order valence-electron chi connectivity index (χ4n) is 4.17. The van der Waals surface area contributed by atoms with Crippen LogP contribution in [0.5, 0.6) is 11.5 Å². The largest absolute Gasteiger partial charge is 0.454 e. The van der Waals surface area contributed by atoms with Crippen LogP contribution in [0.1, 0.15) is 47.1 Å². The number of benzene rings is 1. The molecule has 9 heteroatoms. The average molecular weight is 448 g/mol. The van der Waals surface area contributed by atoms with Crippen LogP contribution in [0.3, 0.4) is 0 Å². The number of ether oxygens (including phenoxy) is 2. The zero-order chi connectivity index (χ0) is 22.3. The van der Waals surface area contributed by atoms with Crippen LogP contribution in [0.4, 0.5) is 0 Å². The topological polar surface area (TPSA) is 89.9 Å². The molecular weight excluding hydrogens is 418 g/mol. The lowest BCUT2D eigenvalue weighted by atomic mass is 9.98. The van der Waals surface area contributed by atoms with E-state index in [1.807, 2.05) is 0 Å². The van der Waals surface area contributed by atoms with E-state index in [-0.39, 0.29) is 29.7 Å². The number of nitrogens with one attached hydrogen (secondary N) is 1. The number of nitrogens with zero attached hydrogens (tertiary/aromatic N) is 2. The molecule has 1 saturated heterocycles. The standard InChI is InChI=1S/C22H29N3O5S/c1-14-7-9-25(10-8-14)22(26)20-15(2)24(4)16(3)21(20)31(27,28)23-12-17-5-6-18-19(11-17)30-13-29-18/h5-6,11,14,23H,7-10,12-13H2,1-4H3. The molecule has 1 aromatic carbocycles. The van der Waals surface area contributed by atoms with Crippen molar-refractivity contribution in [3.05, 3.63) is 40.7 Å². The Balaban J connectivity index is 1.61. The Bertz CT molecular complexity index is 1110. The van der Waals surface area contributed by atoms with E-state index < -0.39 is 10.0 Å². The van der Waals surface area contributed by atoms with Gasteiger partial charge in [0.1, 0.15) is 4.90 Å². The molecular formula is C22H29N3O5S. The van der Waals surface area contributed by atoms with Gasteiger partial charge in [-0.25, -0.2) is 13.1 Å². The summed E-state index contributed by atoms with van der Waals surface area (Å²) in [5.41, 5.74) is 2.22. The molecule has 0 bridgehead atoms. The average Bonchev–Trinajstić information content (AvgIpc) is 3.30. The van der Waals surface area contributed by atoms with Crippen molar-refractivity contribution < 1.29 is 22.7 Å². The van der Waals surface area contributed by atoms with Gasteiger partial charge in [0.2, 0.25) is 16.8 Å². The van der Waals surface area contributed by atoms with Crippen LogP contribution >= 0.6 is 0 Å². The number of fused-ring (bicyclic) bond motifs is 1. The lowest BCUT2D eigenvalue weighted by Crippen LogP contribution is -2.39. The monoisotopic (exact) mass is 447 g/mol. The second-order valence-electron chi connectivity index (χ2n) is 8.42. The normalized spacial score (nSPS) is 16.7. The van der Waals surface area contributed by atoms with Gasteiger partial charge in [0.05, 0.1) is 5.56 Å². The minimum absolute atomic E-state index is 0.0665. The number of carbonyl (C=O) groups is 1. The van der Waals surface area contributed by atoms with Crippen LogP contribution in [0, 0.1) is 19.8 Å². The zero-order valence-corrected chi connectivity index (χ0v) is 19.2. The maximum absolute atomic E-state index is 13.4. The first-order chi connectivity index (χ1) is 14.7. The van der Waals surface area contributed by atoms with Gasteiger partial charge in [-0.3, -0.25) is 4.79 Å². The van der Waals surface area contributed by atoms with Gasteiger partial charge in [0.15, 0.2) is 11.5 Å². The smallest absolute Gasteiger partial charge is 0.257 e. The van der Waals surface area contributed by atoms with Gasteiger partial charge in [-0.15, -0.1) is 0 Å². The molecule has 2 aliphatic heterocycles. The van der Waals surface area contributed by atoms with Gasteiger partial charge in [-0.1, -0.05) is 13.0 Å². The number of piperidine rings is 1. The van der Waals surface area contributed by atoms with E-state index in [9.17, 15) is 13.2 Å². The molecule has 0 unspecified atom stereocenters. The first-order valence-corrected chi connectivity index (χ1v) is 12.0. The van der Waals surface area contributed by atoms with Gasteiger partial charge in [-0.2, -0.15) is 0 Å². The summed E-state index contributed by atoms with van der Waals surface area (Å²) in [6.07, 6.45) is 1.86. The van der Waals surface area contributed by atoms with Crippen LogP contribution in [-0.4, -0.2) is 43.7 Å². The maximum atomic E-state index is 13.4. The lowest BCUT2D eigenvalue weighted by molar-refractivity contribution is 0.0692. The molecule has 1 N–H and O–H groups in total. The summed E-state index contributed by atoms with van der Waals surface area (Å²) in [5.74, 6) is 1.61. The summed E-state index contributed by atoms with van der Waals surface area (Å²) in [4.78, 5) is 15.2. The minimum Gasteiger partial charge on any atom is -0.454 e. The Hall–Kier alpha value is -2.52. The van der Waals surface area contributed by atoms with Crippen molar-refractivity contribution in [2.75, 3.05) is 19.9 Å². The molecule has 0 aliphatic carbocycles. The van der Waals surface area contributed by atoms with Gasteiger partial charge in [-0.05, 0) is 50.3 Å². The van der Waals surface area contributed by atoms with E-state index in [2.05, 4.69) is 11.6 Å². The molecule has 1 aromatic heterocycles. The van der Waals surface area contributed by atoms with Gasteiger partial charge in [0.25, 0.3) is 5.91 Å². The minimum atomic E-state index is -3.92. The van der Waals surface area contributed by atoms with Crippen molar-refractivity contribution in [1.29, 1.82) is 0 Å². The summed E-state index contributed by atoms with van der Waals surface area (Å²) < 4.78 is 41.8. The molecule has 31 heavy (non-hydrogen) atoms. The highest BCUT2D eigenvalue weighted by Crippen LogP contribution is 2.33. The highest BCUT2D eigenvalue weighted by atomic mass is 32.2. The molecule has 0 spiro atoms. The van der Waals surface area contributed by atoms with Gasteiger partial charge < -0.3 is 18.9 Å². The molecule has 0 radical (unpaired) electrons. The third-order valence-corrected chi connectivity index (χ3v) is 7.94. The number of hydrogen-bond donors (Lipinski definition) is 1. The molecule has 2 aliphatic rings. The summed E-state index contributed by atoms with van der Waals surface area (Å²) in [6, 6.07) is 5.31. The molecule has 8 nitrogen and oxygen atoms in total. The molecule has 0 saturated carbocycles. The number of sulfonamides is 1. The fourth-order valence-corrected chi connectivity index (χ4v) is 5.70. The number of likely N-dealkylation sites (tertiary alicyclic amines) is 1. The predicted octanol–water partition coefficient (Wildman–Crippen LogP) is 2.72. The molecule has 3 heterocycles. The number of amides is 1. The van der Waals surface area contributed by atoms with E-state index in [4.69, 9.17) is 9.47 Å². The Morgan fingerprint density at radius 1 is 1.13 bits per heavy atom. The first kappa shape index (κ1) is 21.7. The van der Waals surface area contributed by atoms with Crippen molar-refractivity contribution in [3.63, 3.8) is 0 Å². The number of rotatable bonds is 5. The molecule has 4 rings (SSSR count). The summed E-state index contributed by atoms with van der Waals surface area (Å²) in [6.45, 7) is 7.25. The van der Waals surface area contributed by atoms with Crippen LogP contribution in [0.2, 0.25) is 0 Å². The van der Waals surface area contributed by atoms with Crippen molar-refractivity contribution in [1.82, 2.24) is 14.2 Å². The van der Waals surface area contributed by atoms with Gasteiger partial charge in [0, 0.05) is 38.1 Å². The third kappa shape index (κ3) is 4.04. The number of hydrogen-bond acceptors (Lipinski definition) is 5. The van der Waals surface area contributed by atoms with Gasteiger partial charge >= 0.3 is 0 Å². The van der Waals surface area contributed by atoms with E-state index >= 15 is 0 Å². The van der Waals surface area contributed by atoms with Crippen molar-refractivity contribution in [2.24, 2.45) is 13.0 Å². The molecule has 0 atom stereocenters. The summed E-state index contributed by atoms with van der Waals surface area (Å²) >= 11 is 0. The fraction of sp³-hybridized carbons (Fsp3) is 0.500. The second-order valence-corrected chi connectivity index (χ2v) is 10.1. The van der Waals surface area contributed by atoms with Crippen molar-refractivity contribution in [2.45, 2.75) is 45.1 Å². The Morgan fingerprint density at radius 3 is 2.52 bits per heavy atom. The molecule has 1 amide bonds. The summed E-state index contributed by atoms with van der Waals surface area (Å²) in [7, 11) is -2.13. The Labute approximate surface area is 183 Å². The van der Waals surface area contributed by atoms with E-state index in [0.29, 0.717) is 41.9 Å². The Kier molecular flexibility index (Phi) is 5.74. The second kappa shape index (κ2) is 8.20.